The minimum Gasteiger partial charge on any atom is -0.478 e. The molecule has 2 rings (SSSR count). The number of carboxylic acid groups (broad SMARTS) is 1. The molecule has 0 saturated heterocycles. The van der Waals surface area contributed by atoms with E-state index in [4.69, 9.17) is 5.11 Å². The SMILES string of the molecule is CCN1C(=O)CC(C)(C)c2ccc(C(=O)O)cc21. The van der Waals surface area contributed by atoms with Crippen molar-refractivity contribution in [1.29, 1.82) is 0 Å². The predicted molar refractivity (Wildman–Crippen MR) is 69.1 cm³/mol. The smallest absolute Gasteiger partial charge is 0.335 e. The fourth-order valence-corrected chi connectivity index (χ4v) is 2.51. The molecule has 0 aliphatic carbocycles. The number of carboxylic acids is 1. The zero-order chi connectivity index (χ0) is 13.5. The van der Waals surface area contributed by atoms with Crippen molar-refractivity contribution in [3.05, 3.63) is 29.3 Å². The highest BCUT2D eigenvalue weighted by Crippen LogP contribution is 2.40. The van der Waals surface area contributed by atoms with Crippen molar-refractivity contribution in [2.24, 2.45) is 0 Å². The van der Waals surface area contributed by atoms with Gasteiger partial charge in [-0.1, -0.05) is 19.9 Å². The first-order chi connectivity index (χ1) is 8.36. The number of rotatable bonds is 2. The fraction of sp³-hybridized carbons (Fsp3) is 0.429. The summed E-state index contributed by atoms with van der Waals surface area (Å²) in [6, 6.07) is 5.03. The van der Waals surface area contributed by atoms with Gasteiger partial charge in [-0.25, -0.2) is 4.79 Å². The van der Waals surface area contributed by atoms with Gasteiger partial charge in [0, 0.05) is 24.1 Å². The first-order valence-corrected chi connectivity index (χ1v) is 6.05. The molecule has 4 heteroatoms. The van der Waals surface area contributed by atoms with Crippen molar-refractivity contribution in [1.82, 2.24) is 0 Å². The van der Waals surface area contributed by atoms with Crippen LogP contribution in [0.2, 0.25) is 0 Å². The molecule has 96 valence electrons. The molecule has 0 aromatic heterocycles. The molecule has 0 radical (unpaired) electrons. The van der Waals surface area contributed by atoms with Gasteiger partial charge in [0.25, 0.3) is 0 Å². The van der Waals surface area contributed by atoms with Crippen molar-refractivity contribution in [3.63, 3.8) is 0 Å². The fourth-order valence-electron chi connectivity index (χ4n) is 2.51. The maximum Gasteiger partial charge on any atom is 0.335 e. The summed E-state index contributed by atoms with van der Waals surface area (Å²) in [4.78, 5) is 24.7. The highest BCUT2D eigenvalue weighted by molar-refractivity contribution is 5.99. The summed E-state index contributed by atoms with van der Waals surface area (Å²) in [7, 11) is 0. The average molecular weight is 247 g/mol. The van der Waals surface area contributed by atoms with E-state index < -0.39 is 5.97 Å². The molecule has 1 aliphatic rings. The van der Waals surface area contributed by atoms with Gasteiger partial charge >= 0.3 is 5.97 Å². The molecular weight excluding hydrogens is 230 g/mol. The van der Waals surface area contributed by atoms with Gasteiger partial charge in [-0.15, -0.1) is 0 Å². The van der Waals surface area contributed by atoms with E-state index in [1.807, 2.05) is 26.8 Å². The lowest BCUT2D eigenvalue weighted by Crippen LogP contribution is -2.41. The molecule has 0 fully saturated rings. The third-order valence-electron chi connectivity index (χ3n) is 3.48. The van der Waals surface area contributed by atoms with Crippen LogP contribution in [0.4, 0.5) is 5.69 Å². The van der Waals surface area contributed by atoms with Crippen molar-refractivity contribution < 1.29 is 14.7 Å². The maximum absolute atomic E-state index is 12.1. The van der Waals surface area contributed by atoms with Crippen LogP contribution in [0.25, 0.3) is 0 Å². The number of fused-ring (bicyclic) bond motifs is 1. The molecule has 1 N–H and O–H groups in total. The van der Waals surface area contributed by atoms with Crippen LogP contribution < -0.4 is 4.90 Å². The average Bonchev–Trinajstić information content (AvgIpc) is 2.27. The van der Waals surface area contributed by atoms with Crippen LogP contribution in [-0.4, -0.2) is 23.5 Å². The summed E-state index contributed by atoms with van der Waals surface area (Å²) in [6.45, 7) is 6.48. The molecular formula is C14H17NO3. The van der Waals surface area contributed by atoms with E-state index in [9.17, 15) is 9.59 Å². The summed E-state index contributed by atoms with van der Waals surface area (Å²) >= 11 is 0. The van der Waals surface area contributed by atoms with Gasteiger partial charge in [0.15, 0.2) is 0 Å². The zero-order valence-corrected chi connectivity index (χ0v) is 10.9. The minimum absolute atomic E-state index is 0.0533. The first-order valence-electron chi connectivity index (χ1n) is 6.05. The van der Waals surface area contributed by atoms with Crippen molar-refractivity contribution in [3.8, 4) is 0 Å². The second-order valence-corrected chi connectivity index (χ2v) is 5.24. The Morgan fingerprint density at radius 2 is 2.11 bits per heavy atom. The van der Waals surface area contributed by atoms with Gasteiger partial charge in [-0.3, -0.25) is 4.79 Å². The maximum atomic E-state index is 12.1. The number of nitrogens with zero attached hydrogens (tertiary/aromatic N) is 1. The lowest BCUT2D eigenvalue weighted by molar-refractivity contribution is -0.120. The highest BCUT2D eigenvalue weighted by atomic mass is 16.4. The van der Waals surface area contributed by atoms with Crippen LogP contribution >= 0.6 is 0 Å². The number of aromatic carboxylic acids is 1. The van der Waals surface area contributed by atoms with E-state index in [0.29, 0.717) is 13.0 Å². The van der Waals surface area contributed by atoms with Crippen LogP contribution in [0.1, 0.15) is 43.1 Å². The Kier molecular flexibility index (Phi) is 2.89. The molecule has 0 bridgehead atoms. The molecule has 0 atom stereocenters. The summed E-state index contributed by atoms with van der Waals surface area (Å²) in [6.07, 6.45) is 0.459. The molecule has 0 saturated carbocycles. The normalized spacial score (nSPS) is 17.5. The number of carbonyl (C=O) groups excluding carboxylic acids is 1. The van der Waals surface area contributed by atoms with E-state index >= 15 is 0 Å². The first kappa shape index (κ1) is 12.6. The van der Waals surface area contributed by atoms with Crippen molar-refractivity contribution in [2.45, 2.75) is 32.6 Å². The Balaban J connectivity index is 2.63. The zero-order valence-electron chi connectivity index (χ0n) is 10.9. The molecule has 18 heavy (non-hydrogen) atoms. The van der Waals surface area contributed by atoms with Gasteiger partial charge in [0.05, 0.1) is 5.56 Å². The van der Waals surface area contributed by atoms with Gasteiger partial charge in [0.1, 0.15) is 0 Å². The van der Waals surface area contributed by atoms with Crippen LogP contribution in [0, 0.1) is 0 Å². The van der Waals surface area contributed by atoms with E-state index in [1.54, 1.807) is 17.0 Å². The lowest BCUT2D eigenvalue weighted by Gasteiger charge is -2.38. The van der Waals surface area contributed by atoms with E-state index in [1.165, 1.54) is 0 Å². The third kappa shape index (κ3) is 1.88. The second kappa shape index (κ2) is 4.12. The second-order valence-electron chi connectivity index (χ2n) is 5.24. The van der Waals surface area contributed by atoms with Gasteiger partial charge in [-0.2, -0.15) is 0 Å². The molecule has 1 amide bonds. The number of benzene rings is 1. The predicted octanol–water partition coefficient (Wildman–Crippen LogP) is 2.42. The van der Waals surface area contributed by atoms with E-state index in [-0.39, 0.29) is 16.9 Å². The molecule has 0 spiro atoms. The third-order valence-corrected chi connectivity index (χ3v) is 3.48. The van der Waals surface area contributed by atoms with Crippen LogP contribution in [-0.2, 0) is 10.2 Å². The van der Waals surface area contributed by atoms with E-state index in [2.05, 4.69) is 0 Å². The number of amides is 1. The highest BCUT2D eigenvalue weighted by Gasteiger charge is 2.36. The summed E-state index contributed by atoms with van der Waals surface area (Å²) in [5.74, 6) is -0.915. The Bertz CT molecular complexity index is 520. The Hall–Kier alpha value is -1.84. The molecule has 1 heterocycles. The molecule has 4 nitrogen and oxygen atoms in total. The van der Waals surface area contributed by atoms with Crippen LogP contribution in [0.5, 0.6) is 0 Å². The summed E-state index contributed by atoms with van der Waals surface area (Å²) in [5.41, 5.74) is 1.75. The largest absolute Gasteiger partial charge is 0.478 e. The van der Waals surface area contributed by atoms with Gasteiger partial charge < -0.3 is 10.0 Å². The number of anilines is 1. The van der Waals surface area contributed by atoms with E-state index in [0.717, 1.165) is 11.3 Å². The van der Waals surface area contributed by atoms with Crippen molar-refractivity contribution in [2.75, 3.05) is 11.4 Å². The van der Waals surface area contributed by atoms with Crippen LogP contribution in [0.3, 0.4) is 0 Å². The van der Waals surface area contributed by atoms with Gasteiger partial charge in [0.2, 0.25) is 5.91 Å². The lowest BCUT2D eigenvalue weighted by atomic mass is 9.77. The topological polar surface area (TPSA) is 57.6 Å². The van der Waals surface area contributed by atoms with Gasteiger partial charge in [-0.05, 0) is 24.6 Å². The molecule has 1 aliphatic heterocycles. The molecule has 1 aromatic carbocycles. The molecule has 0 unspecified atom stereocenters. The summed E-state index contributed by atoms with van der Waals surface area (Å²) in [5, 5.41) is 9.04. The number of hydrogen-bond acceptors (Lipinski definition) is 2. The Morgan fingerprint density at radius 1 is 1.44 bits per heavy atom. The Morgan fingerprint density at radius 3 is 2.67 bits per heavy atom. The minimum atomic E-state index is -0.968. The van der Waals surface area contributed by atoms with Crippen molar-refractivity contribution >= 4 is 17.6 Å². The van der Waals surface area contributed by atoms with Crippen LogP contribution in [0.15, 0.2) is 18.2 Å². The number of carbonyl (C=O) groups is 2. The Labute approximate surface area is 106 Å². The quantitative estimate of drug-likeness (QED) is 0.873. The standard InChI is InChI=1S/C14H17NO3/c1-4-15-11-7-9(13(17)18)5-6-10(11)14(2,3)8-12(15)16/h5-7H,4,8H2,1-3H3,(H,17,18). The monoisotopic (exact) mass is 247 g/mol. The molecule has 1 aromatic rings. The summed E-state index contributed by atoms with van der Waals surface area (Å²) < 4.78 is 0. The number of hydrogen-bond donors (Lipinski definition) is 1.